The second kappa shape index (κ2) is 25.4. The van der Waals surface area contributed by atoms with Crippen LogP contribution >= 0.6 is 11.3 Å². The molecule has 4 N–H and O–H groups in total. The lowest BCUT2D eigenvalue weighted by Crippen LogP contribution is -2.58. The van der Waals surface area contributed by atoms with Crippen LogP contribution in [0.4, 0.5) is 0 Å². The molecule has 0 saturated carbocycles. The fraction of sp³-hybridized carbons (Fsp3) is 0.700. The summed E-state index contributed by atoms with van der Waals surface area (Å²) < 4.78 is 33.2. The molecule has 0 radical (unpaired) electrons. The van der Waals surface area contributed by atoms with E-state index in [9.17, 15) is 19.5 Å². The zero-order valence-corrected chi connectivity index (χ0v) is 34.9. The number of amides is 3. The van der Waals surface area contributed by atoms with Gasteiger partial charge in [-0.3, -0.25) is 19.3 Å². The number of thiazole rings is 1. The highest BCUT2D eigenvalue weighted by atomic mass is 32.1. The first-order valence-electron chi connectivity index (χ1n) is 20.0. The fourth-order valence-electron chi connectivity index (χ4n) is 6.38. The van der Waals surface area contributed by atoms with E-state index >= 15 is 0 Å². The van der Waals surface area contributed by atoms with Gasteiger partial charge in [-0.05, 0) is 23.5 Å². The third kappa shape index (κ3) is 17.0. The van der Waals surface area contributed by atoms with Gasteiger partial charge < -0.3 is 54.4 Å². The number of aliphatic hydroxyl groups excluding tert-OH is 1. The van der Waals surface area contributed by atoms with Crippen LogP contribution in [0.2, 0.25) is 0 Å². The predicted octanol–water partition coefficient (Wildman–Crippen LogP) is 1.23. The van der Waals surface area contributed by atoms with Crippen molar-refractivity contribution in [2.45, 2.75) is 58.8 Å². The molecular weight excluding hydrogens is 757 g/mol. The molecule has 3 amide bonds. The van der Waals surface area contributed by atoms with E-state index in [1.807, 2.05) is 57.5 Å². The first-order chi connectivity index (χ1) is 27.5. The number of aryl methyl sites for hydroxylation is 1. The molecule has 2 saturated heterocycles. The molecule has 3 heterocycles. The van der Waals surface area contributed by atoms with E-state index in [-0.39, 0.29) is 45.2 Å². The van der Waals surface area contributed by atoms with Crippen molar-refractivity contribution < 1.29 is 47.9 Å². The molecule has 2 aromatic rings. The van der Waals surface area contributed by atoms with Gasteiger partial charge in [-0.25, -0.2) is 4.98 Å². The van der Waals surface area contributed by atoms with Crippen molar-refractivity contribution >= 4 is 29.1 Å². The first-order valence-corrected chi connectivity index (χ1v) is 20.9. The first kappa shape index (κ1) is 46.6. The number of hydrogen-bond acceptors (Lipinski definition) is 14. The summed E-state index contributed by atoms with van der Waals surface area (Å²) in [6, 6.07) is 6.06. The average molecular weight is 821 g/mol. The minimum absolute atomic E-state index is 0.00392. The normalized spacial score (nSPS) is 18.2. The van der Waals surface area contributed by atoms with Crippen LogP contribution in [-0.4, -0.2) is 174 Å². The highest BCUT2D eigenvalue weighted by Crippen LogP contribution is 2.28. The Morgan fingerprint density at radius 2 is 1.44 bits per heavy atom. The number of benzene rings is 1. The van der Waals surface area contributed by atoms with E-state index in [2.05, 4.69) is 25.8 Å². The number of aliphatic hydroxyl groups is 1. The number of hydrogen-bond donors (Lipinski definition) is 4. The molecule has 1 aromatic carbocycles. The number of piperazine rings is 1. The number of carbonyl (C=O) groups excluding carboxylic acids is 3. The molecule has 4 rings (SSSR count). The zero-order valence-electron chi connectivity index (χ0n) is 34.1. The number of ether oxygens (including phenoxy) is 6. The minimum atomic E-state index is -0.945. The second-order valence-corrected chi connectivity index (χ2v) is 16.0. The maximum Gasteiger partial charge on any atom is 0.246 e. The molecule has 2 aliphatic heterocycles. The largest absolute Gasteiger partial charge is 0.391 e. The third-order valence-electron chi connectivity index (χ3n) is 9.57. The summed E-state index contributed by atoms with van der Waals surface area (Å²) in [6.45, 7) is 17.6. The van der Waals surface area contributed by atoms with Crippen LogP contribution in [0, 0.1) is 12.3 Å². The number of rotatable bonds is 26. The number of likely N-dealkylation sites (tertiary alicyclic amines) is 1. The van der Waals surface area contributed by atoms with Crippen LogP contribution in [0.1, 0.15) is 38.4 Å². The average Bonchev–Trinajstić information content (AvgIpc) is 3.81. The number of nitrogens with zero attached hydrogens (tertiary/aromatic N) is 3. The Morgan fingerprint density at radius 3 is 1.98 bits per heavy atom. The summed E-state index contributed by atoms with van der Waals surface area (Å²) in [6.07, 6.45) is -0.748. The number of aromatic nitrogens is 1. The zero-order chi connectivity index (χ0) is 40.9. The molecule has 1 aromatic heterocycles. The van der Waals surface area contributed by atoms with Gasteiger partial charge in [-0.2, -0.15) is 0 Å². The number of carbonyl (C=O) groups is 3. The SMILES string of the molecule is Cc1ncsc1-c1ccc(CNC(=O)[C@@H]2C[C@@H](O)CN2C(=O)[C@@H](NC(=O)COCCOCCOCCOCCOCCOCCN2CCNCC2)C(C)(C)C)cc1. The number of β-amino-alcohol motifs (C(OH)–C–C–N with tert-alkyl or cyclic N) is 1. The Kier molecular flexibility index (Phi) is 20.8. The lowest BCUT2D eigenvalue weighted by molar-refractivity contribution is -0.144. The second-order valence-electron chi connectivity index (χ2n) is 15.2. The summed E-state index contributed by atoms with van der Waals surface area (Å²) in [5, 5.41) is 19.5. The Balaban J connectivity index is 1.02. The van der Waals surface area contributed by atoms with Gasteiger partial charge in [-0.15, -0.1) is 11.3 Å². The highest BCUT2D eigenvalue weighted by molar-refractivity contribution is 7.13. The van der Waals surface area contributed by atoms with E-state index in [0.717, 1.165) is 61.0 Å². The van der Waals surface area contributed by atoms with Crippen molar-refractivity contribution in [2.24, 2.45) is 5.41 Å². The molecule has 0 spiro atoms. The Hall–Kier alpha value is -3.10. The topological polar surface area (TPSA) is 182 Å². The van der Waals surface area contributed by atoms with Crippen LogP contribution < -0.4 is 16.0 Å². The van der Waals surface area contributed by atoms with E-state index in [1.54, 1.807) is 11.3 Å². The highest BCUT2D eigenvalue weighted by Gasteiger charge is 2.44. The van der Waals surface area contributed by atoms with Crippen molar-refractivity contribution in [1.29, 1.82) is 0 Å². The van der Waals surface area contributed by atoms with Crippen molar-refractivity contribution in [3.05, 3.63) is 41.0 Å². The molecule has 0 bridgehead atoms. The van der Waals surface area contributed by atoms with E-state index in [4.69, 9.17) is 28.4 Å². The summed E-state index contributed by atoms with van der Waals surface area (Å²) in [7, 11) is 0. The van der Waals surface area contributed by atoms with Gasteiger partial charge in [-0.1, -0.05) is 45.0 Å². The Morgan fingerprint density at radius 1 is 0.877 bits per heavy atom. The van der Waals surface area contributed by atoms with Crippen LogP contribution in [0.25, 0.3) is 10.4 Å². The standard InChI is InChI=1S/C40H64N6O10S/c1-30-36(57-29-43-30)32-7-5-31(6-8-32)26-42-38(49)34-25-33(47)27-46(34)39(50)37(40(2,3)4)44-35(48)28-56-24-23-55-22-21-54-20-19-53-18-17-52-16-15-51-14-13-45-11-9-41-10-12-45/h5-8,29,33-34,37,41,47H,9-28H2,1-4H3,(H,42,49)(H,44,48)/t33-,34+,37-/m1/s1. The van der Waals surface area contributed by atoms with E-state index in [1.165, 1.54) is 4.90 Å². The molecular formula is C40H64N6O10S. The van der Waals surface area contributed by atoms with Gasteiger partial charge in [0, 0.05) is 52.2 Å². The summed E-state index contributed by atoms with van der Waals surface area (Å²) >= 11 is 1.58. The smallest absolute Gasteiger partial charge is 0.246 e. The maximum atomic E-state index is 13.8. The van der Waals surface area contributed by atoms with Crippen molar-refractivity contribution in [1.82, 2.24) is 30.7 Å². The summed E-state index contributed by atoms with van der Waals surface area (Å²) in [4.78, 5) is 49.2. The Labute approximate surface area is 341 Å². The molecule has 2 aliphatic rings. The van der Waals surface area contributed by atoms with E-state index < -0.39 is 35.4 Å². The van der Waals surface area contributed by atoms with Crippen LogP contribution in [0.3, 0.4) is 0 Å². The maximum absolute atomic E-state index is 13.8. The van der Waals surface area contributed by atoms with Gasteiger partial charge >= 0.3 is 0 Å². The third-order valence-corrected chi connectivity index (χ3v) is 10.5. The summed E-state index contributed by atoms with van der Waals surface area (Å²) in [5.41, 5.74) is 4.06. The van der Waals surface area contributed by atoms with Gasteiger partial charge in [0.1, 0.15) is 18.7 Å². The molecule has 320 valence electrons. The molecule has 57 heavy (non-hydrogen) atoms. The predicted molar refractivity (Wildman–Crippen MR) is 216 cm³/mol. The van der Waals surface area contributed by atoms with Crippen LogP contribution in [0.5, 0.6) is 0 Å². The van der Waals surface area contributed by atoms with Gasteiger partial charge in [0.25, 0.3) is 0 Å². The molecule has 17 heteroatoms. The van der Waals surface area contributed by atoms with Crippen LogP contribution in [0.15, 0.2) is 29.8 Å². The molecule has 0 aliphatic carbocycles. The van der Waals surface area contributed by atoms with Crippen molar-refractivity contribution in [3.63, 3.8) is 0 Å². The van der Waals surface area contributed by atoms with Gasteiger partial charge in [0.05, 0.1) is 94.9 Å². The van der Waals surface area contributed by atoms with E-state index in [0.29, 0.717) is 52.9 Å². The fourth-order valence-corrected chi connectivity index (χ4v) is 7.19. The van der Waals surface area contributed by atoms with Crippen molar-refractivity contribution in [3.8, 4) is 10.4 Å². The summed E-state index contributed by atoms with van der Waals surface area (Å²) in [5.74, 6) is -1.26. The lowest BCUT2D eigenvalue weighted by atomic mass is 9.85. The monoisotopic (exact) mass is 820 g/mol. The van der Waals surface area contributed by atoms with Gasteiger partial charge in [0.15, 0.2) is 0 Å². The van der Waals surface area contributed by atoms with Crippen LogP contribution in [-0.2, 0) is 49.3 Å². The minimum Gasteiger partial charge on any atom is -0.391 e. The Bertz CT molecular complexity index is 1470. The van der Waals surface area contributed by atoms with Gasteiger partial charge in [0.2, 0.25) is 17.7 Å². The molecule has 16 nitrogen and oxygen atoms in total. The molecule has 2 fully saturated rings. The quantitative estimate of drug-likeness (QED) is 0.0997. The number of nitrogens with one attached hydrogen (secondary N) is 3. The molecule has 0 unspecified atom stereocenters. The molecule has 3 atom stereocenters. The van der Waals surface area contributed by atoms with Crippen molar-refractivity contribution in [2.75, 3.05) is 119 Å². The lowest BCUT2D eigenvalue weighted by Gasteiger charge is -2.35.